The Kier molecular flexibility index (Phi) is 4.08. The molecule has 1 fully saturated rings. The van der Waals surface area contributed by atoms with Gasteiger partial charge in [0.05, 0.1) is 31.1 Å². The van der Waals surface area contributed by atoms with Gasteiger partial charge < -0.3 is 9.80 Å². The Hall–Kier alpha value is -1.72. The summed E-state index contributed by atoms with van der Waals surface area (Å²) < 4.78 is 0. The van der Waals surface area contributed by atoms with E-state index in [2.05, 4.69) is 11.1 Å². The van der Waals surface area contributed by atoms with Crippen LogP contribution in [0.4, 0.5) is 0 Å². The molecule has 1 saturated heterocycles. The lowest BCUT2D eigenvalue weighted by molar-refractivity contribution is -0.917. The standard InChI is InChI=1S/C15H17N3OS/c19-15(14-4-2-10-20-14)18-8-6-17(7-9-18)12-13-3-1-5-16-11-13/h1-5,10-11H,6-9,12H2/p+1. The van der Waals surface area contributed by atoms with Crippen molar-refractivity contribution in [2.24, 2.45) is 0 Å². The molecular weight excluding hydrogens is 270 g/mol. The Morgan fingerprint density at radius 1 is 1.30 bits per heavy atom. The maximum atomic E-state index is 12.2. The lowest BCUT2D eigenvalue weighted by Crippen LogP contribution is -3.13. The van der Waals surface area contributed by atoms with Crippen LogP contribution in [0.15, 0.2) is 42.0 Å². The van der Waals surface area contributed by atoms with Crippen molar-refractivity contribution >= 4 is 17.2 Å². The number of amides is 1. The number of carbonyl (C=O) groups excluding carboxylic acids is 1. The van der Waals surface area contributed by atoms with Gasteiger partial charge in [0.1, 0.15) is 6.54 Å². The minimum Gasteiger partial charge on any atom is -0.328 e. The number of aromatic nitrogens is 1. The van der Waals surface area contributed by atoms with Crippen LogP contribution >= 0.6 is 11.3 Å². The monoisotopic (exact) mass is 288 g/mol. The van der Waals surface area contributed by atoms with E-state index in [0.29, 0.717) is 0 Å². The first-order valence-corrected chi connectivity index (χ1v) is 7.76. The van der Waals surface area contributed by atoms with Crippen LogP contribution < -0.4 is 4.90 Å². The van der Waals surface area contributed by atoms with E-state index in [-0.39, 0.29) is 5.91 Å². The number of hydrogen-bond acceptors (Lipinski definition) is 3. The van der Waals surface area contributed by atoms with Crippen LogP contribution in [-0.4, -0.2) is 42.0 Å². The second-order valence-electron chi connectivity index (χ2n) is 5.06. The highest BCUT2D eigenvalue weighted by Crippen LogP contribution is 2.11. The second kappa shape index (κ2) is 6.15. The Balaban J connectivity index is 1.53. The largest absolute Gasteiger partial charge is 0.328 e. The van der Waals surface area contributed by atoms with E-state index in [1.165, 1.54) is 21.8 Å². The number of quaternary nitrogens is 1. The molecule has 1 aliphatic rings. The van der Waals surface area contributed by atoms with Crippen molar-refractivity contribution in [2.45, 2.75) is 6.54 Å². The predicted molar refractivity (Wildman–Crippen MR) is 78.9 cm³/mol. The third-order valence-corrected chi connectivity index (χ3v) is 4.52. The average Bonchev–Trinajstić information content (AvgIpc) is 3.03. The molecule has 1 N–H and O–H groups in total. The van der Waals surface area contributed by atoms with Crippen LogP contribution in [0.3, 0.4) is 0 Å². The third kappa shape index (κ3) is 3.05. The topological polar surface area (TPSA) is 37.6 Å². The highest BCUT2D eigenvalue weighted by molar-refractivity contribution is 7.12. The molecule has 3 rings (SSSR count). The molecule has 0 bridgehead atoms. The van der Waals surface area contributed by atoms with Gasteiger partial charge in [0, 0.05) is 18.0 Å². The summed E-state index contributed by atoms with van der Waals surface area (Å²) in [5.74, 6) is 0.181. The zero-order valence-electron chi connectivity index (χ0n) is 11.3. The van der Waals surface area contributed by atoms with E-state index in [1.54, 1.807) is 6.20 Å². The fourth-order valence-electron chi connectivity index (χ4n) is 2.55. The fourth-order valence-corrected chi connectivity index (χ4v) is 3.24. The molecule has 3 heterocycles. The minimum absolute atomic E-state index is 0.181. The van der Waals surface area contributed by atoms with E-state index in [4.69, 9.17) is 0 Å². The summed E-state index contributed by atoms with van der Waals surface area (Å²) >= 11 is 1.52. The number of pyridine rings is 1. The maximum Gasteiger partial charge on any atom is 0.264 e. The molecule has 1 amide bonds. The predicted octanol–water partition coefficient (Wildman–Crippen LogP) is 0.684. The third-order valence-electron chi connectivity index (χ3n) is 3.67. The molecule has 4 nitrogen and oxygen atoms in total. The Labute approximate surface area is 122 Å². The minimum atomic E-state index is 0.181. The first-order chi connectivity index (χ1) is 9.83. The zero-order chi connectivity index (χ0) is 13.8. The van der Waals surface area contributed by atoms with Crippen LogP contribution in [0.25, 0.3) is 0 Å². The SMILES string of the molecule is O=C(c1cccs1)N1CC[NH+](Cc2cccnc2)CC1. The quantitative estimate of drug-likeness (QED) is 0.902. The van der Waals surface area contributed by atoms with E-state index < -0.39 is 0 Å². The summed E-state index contributed by atoms with van der Waals surface area (Å²) in [5, 5.41) is 1.96. The van der Waals surface area contributed by atoms with Crippen LogP contribution in [0.1, 0.15) is 15.2 Å². The summed E-state index contributed by atoms with van der Waals surface area (Å²) in [5.41, 5.74) is 1.26. The van der Waals surface area contributed by atoms with Crippen molar-refractivity contribution in [3.8, 4) is 0 Å². The summed E-state index contributed by atoms with van der Waals surface area (Å²) in [7, 11) is 0. The van der Waals surface area contributed by atoms with Crippen molar-refractivity contribution < 1.29 is 9.69 Å². The average molecular weight is 288 g/mol. The molecule has 20 heavy (non-hydrogen) atoms. The van der Waals surface area contributed by atoms with Crippen LogP contribution in [0.5, 0.6) is 0 Å². The molecule has 2 aromatic rings. The highest BCUT2D eigenvalue weighted by atomic mass is 32.1. The number of carbonyl (C=O) groups is 1. The summed E-state index contributed by atoms with van der Waals surface area (Å²) in [4.78, 5) is 20.7. The summed E-state index contributed by atoms with van der Waals surface area (Å²) in [6.07, 6.45) is 3.73. The van der Waals surface area contributed by atoms with Gasteiger partial charge in [-0.1, -0.05) is 12.1 Å². The maximum absolute atomic E-state index is 12.2. The van der Waals surface area contributed by atoms with Gasteiger partial charge in [-0.25, -0.2) is 0 Å². The molecule has 0 aliphatic carbocycles. The van der Waals surface area contributed by atoms with Crippen LogP contribution in [0, 0.1) is 0 Å². The Morgan fingerprint density at radius 3 is 2.80 bits per heavy atom. The normalized spacial score (nSPS) is 16.3. The first kappa shape index (κ1) is 13.3. The molecular formula is C15H18N3OS+. The molecule has 0 atom stereocenters. The lowest BCUT2D eigenvalue weighted by Gasteiger charge is -2.32. The number of piperazine rings is 1. The van der Waals surface area contributed by atoms with E-state index >= 15 is 0 Å². The van der Waals surface area contributed by atoms with Gasteiger partial charge in [-0.3, -0.25) is 9.78 Å². The molecule has 0 aromatic carbocycles. The van der Waals surface area contributed by atoms with E-state index in [1.807, 2.05) is 34.7 Å². The van der Waals surface area contributed by atoms with Crippen LogP contribution in [0.2, 0.25) is 0 Å². The molecule has 2 aromatic heterocycles. The smallest absolute Gasteiger partial charge is 0.264 e. The Morgan fingerprint density at radius 2 is 2.15 bits per heavy atom. The van der Waals surface area contributed by atoms with Gasteiger partial charge in [0.25, 0.3) is 5.91 Å². The Bertz CT molecular complexity index is 548. The molecule has 1 aliphatic heterocycles. The van der Waals surface area contributed by atoms with Gasteiger partial charge in [0.2, 0.25) is 0 Å². The van der Waals surface area contributed by atoms with Crippen molar-refractivity contribution in [1.82, 2.24) is 9.88 Å². The fraction of sp³-hybridized carbons (Fsp3) is 0.333. The summed E-state index contributed by atoms with van der Waals surface area (Å²) in [6, 6.07) is 7.93. The zero-order valence-corrected chi connectivity index (χ0v) is 12.1. The first-order valence-electron chi connectivity index (χ1n) is 6.88. The van der Waals surface area contributed by atoms with Crippen molar-refractivity contribution in [3.63, 3.8) is 0 Å². The highest BCUT2D eigenvalue weighted by Gasteiger charge is 2.24. The molecule has 5 heteroatoms. The van der Waals surface area contributed by atoms with Crippen molar-refractivity contribution in [1.29, 1.82) is 0 Å². The van der Waals surface area contributed by atoms with Gasteiger partial charge in [-0.05, 0) is 17.5 Å². The van der Waals surface area contributed by atoms with Gasteiger partial charge in [-0.2, -0.15) is 0 Å². The molecule has 104 valence electrons. The van der Waals surface area contributed by atoms with E-state index in [9.17, 15) is 4.79 Å². The summed E-state index contributed by atoms with van der Waals surface area (Å²) in [6.45, 7) is 4.69. The number of hydrogen-bond donors (Lipinski definition) is 1. The number of nitrogens with zero attached hydrogens (tertiary/aromatic N) is 2. The van der Waals surface area contributed by atoms with Gasteiger partial charge in [0.15, 0.2) is 0 Å². The van der Waals surface area contributed by atoms with Crippen LogP contribution in [-0.2, 0) is 6.54 Å². The van der Waals surface area contributed by atoms with Crippen molar-refractivity contribution in [2.75, 3.05) is 26.2 Å². The van der Waals surface area contributed by atoms with Crippen molar-refractivity contribution in [3.05, 3.63) is 52.5 Å². The molecule has 0 saturated carbocycles. The number of nitrogens with one attached hydrogen (secondary N) is 1. The number of thiophene rings is 1. The number of rotatable bonds is 3. The van der Waals surface area contributed by atoms with E-state index in [0.717, 1.165) is 37.6 Å². The molecule has 0 spiro atoms. The lowest BCUT2D eigenvalue weighted by atomic mass is 10.2. The second-order valence-corrected chi connectivity index (χ2v) is 6.01. The molecule has 0 radical (unpaired) electrons. The van der Waals surface area contributed by atoms with Gasteiger partial charge in [-0.15, -0.1) is 11.3 Å². The molecule has 0 unspecified atom stereocenters. The van der Waals surface area contributed by atoms with Gasteiger partial charge >= 0.3 is 0 Å².